The molecule has 32 heavy (non-hydrogen) atoms. The molecule has 0 aliphatic heterocycles. The number of hydrogen-bond acceptors (Lipinski definition) is 4. The SMILES string of the molecule is CCCCOC(=O)c1cn(Cc2cccc(C(=N)N)c2)cc1Cc1ccc(C(=N)N)cc1. The third-order valence-corrected chi connectivity index (χ3v) is 5.18. The van der Waals surface area contributed by atoms with Gasteiger partial charge in [-0.25, -0.2) is 4.79 Å². The first-order chi connectivity index (χ1) is 15.4. The highest BCUT2D eigenvalue weighted by atomic mass is 16.5. The molecule has 0 radical (unpaired) electrons. The van der Waals surface area contributed by atoms with Gasteiger partial charge in [-0.05, 0) is 35.6 Å². The number of carbonyl (C=O) groups excluding carboxylic acids is 1. The molecular formula is C25H29N5O2. The number of carbonyl (C=O) groups is 1. The average Bonchev–Trinajstić information content (AvgIpc) is 3.16. The van der Waals surface area contributed by atoms with Crippen molar-refractivity contribution in [2.75, 3.05) is 6.61 Å². The quantitative estimate of drug-likeness (QED) is 0.169. The van der Waals surface area contributed by atoms with Gasteiger partial charge in [0.05, 0.1) is 12.2 Å². The van der Waals surface area contributed by atoms with Crippen LogP contribution in [0.5, 0.6) is 0 Å². The summed E-state index contributed by atoms with van der Waals surface area (Å²) < 4.78 is 7.42. The van der Waals surface area contributed by atoms with E-state index in [1.807, 2.05) is 47.3 Å². The average molecular weight is 432 g/mol. The Morgan fingerprint density at radius 2 is 1.69 bits per heavy atom. The maximum atomic E-state index is 12.8. The predicted molar refractivity (Wildman–Crippen MR) is 126 cm³/mol. The van der Waals surface area contributed by atoms with Crippen molar-refractivity contribution in [3.8, 4) is 0 Å². The van der Waals surface area contributed by atoms with Crippen molar-refractivity contribution in [1.82, 2.24) is 4.57 Å². The summed E-state index contributed by atoms with van der Waals surface area (Å²) >= 11 is 0. The molecule has 1 aromatic heterocycles. The van der Waals surface area contributed by atoms with E-state index in [9.17, 15) is 4.79 Å². The van der Waals surface area contributed by atoms with E-state index >= 15 is 0 Å². The number of nitrogens with zero attached hydrogens (tertiary/aromatic N) is 1. The number of hydrogen-bond donors (Lipinski definition) is 4. The van der Waals surface area contributed by atoms with Crippen molar-refractivity contribution in [3.63, 3.8) is 0 Å². The van der Waals surface area contributed by atoms with Gasteiger partial charge >= 0.3 is 5.97 Å². The largest absolute Gasteiger partial charge is 0.462 e. The first-order valence-corrected chi connectivity index (χ1v) is 10.6. The molecule has 0 saturated carbocycles. The fourth-order valence-electron chi connectivity index (χ4n) is 3.43. The van der Waals surface area contributed by atoms with Gasteiger partial charge in [-0.1, -0.05) is 55.8 Å². The van der Waals surface area contributed by atoms with E-state index < -0.39 is 0 Å². The Kier molecular flexibility index (Phi) is 7.44. The summed E-state index contributed by atoms with van der Waals surface area (Å²) in [4.78, 5) is 12.8. The molecule has 0 unspecified atom stereocenters. The Morgan fingerprint density at radius 3 is 2.34 bits per heavy atom. The van der Waals surface area contributed by atoms with E-state index in [2.05, 4.69) is 6.92 Å². The highest BCUT2D eigenvalue weighted by Gasteiger charge is 2.17. The van der Waals surface area contributed by atoms with Crippen LogP contribution in [0, 0.1) is 10.8 Å². The summed E-state index contributed by atoms with van der Waals surface area (Å²) in [7, 11) is 0. The summed E-state index contributed by atoms with van der Waals surface area (Å²) in [6, 6.07) is 14.9. The molecule has 0 bridgehead atoms. The van der Waals surface area contributed by atoms with Gasteiger partial charge in [-0.3, -0.25) is 10.8 Å². The van der Waals surface area contributed by atoms with Crippen LogP contribution in [-0.2, 0) is 17.7 Å². The number of amidine groups is 2. The number of rotatable bonds is 10. The molecule has 0 fully saturated rings. The van der Waals surface area contributed by atoms with Gasteiger partial charge in [0.1, 0.15) is 11.7 Å². The van der Waals surface area contributed by atoms with Crippen molar-refractivity contribution < 1.29 is 9.53 Å². The van der Waals surface area contributed by atoms with E-state index in [0.29, 0.717) is 36.3 Å². The molecule has 7 heteroatoms. The van der Waals surface area contributed by atoms with Crippen molar-refractivity contribution in [3.05, 3.63) is 94.3 Å². The fourth-order valence-corrected chi connectivity index (χ4v) is 3.43. The van der Waals surface area contributed by atoms with Crippen LogP contribution in [-0.4, -0.2) is 28.8 Å². The van der Waals surface area contributed by atoms with Gasteiger partial charge < -0.3 is 20.8 Å². The predicted octanol–water partition coefficient (Wildman–Crippen LogP) is 3.65. The second-order valence-corrected chi connectivity index (χ2v) is 7.76. The molecule has 0 aliphatic rings. The summed E-state index contributed by atoms with van der Waals surface area (Å²) in [5.74, 6) is -0.282. The number of unbranched alkanes of at least 4 members (excludes halogenated alkanes) is 1. The van der Waals surface area contributed by atoms with Crippen molar-refractivity contribution >= 4 is 17.6 Å². The first-order valence-electron chi connectivity index (χ1n) is 10.6. The molecule has 1 heterocycles. The molecule has 6 N–H and O–H groups in total. The number of esters is 1. The molecule has 0 amide bonds. The highest BCUT2D eigenvalue weighted by Crippen LogP contribution is 2.19. The van der Waals surface area contributed by atoms with Gasteiger partial charge in [0.15, 0.2) is 0 Å². The maximum absolute atomic E-state index is 12.8. The lowest BCUT2D eigenvalue weighted by molar-refractivity contribution is 0.0498. The summed E-state index contributed by atoms with van der Waals surface area (Å²) in [5, 5.41) is 15.2. The molecule has 2 aromatic carbocycles. The van der Waals surface area contributed by atoms with Crippen molar-refractivity contribution in [2.24, 2.45) is 11.5 Å². The van der Waals surface area contributed by atoms with Crippen molar-refractivity contribution in [1.29, 1.82) is 10.8 Å². The van der Waals surface area contributed by atoms with Crippen LogP contribution >= 0.6 is 0 Å². The Labute approximate surface area is 188 Å². The highest BCUT2D eigenvalue weighted by molar-refractivity contribution is 5.95. The standard InChI is InChI=1S/C25H29N5O2/c1-2-3-11-32-25(31)22-16-30(14-18-5-4-6-20(13-18)24(28)29)15-21(22)12-17-7-9-19(10-8-17)23(26)27/h4-10,13,15-16H,2-3,11-12,14H2,1H3,(H3,26,27)(H3,28,29). The number of nitrogens with one attached hydrogen (secondary N) is 2. The van der Waals surface area contributed by atoms with Gasteiger partial charge in [-0.2, -0.15) is 0 Å². The number of nitrogens with two attached hydrogens (primary N) is 2. The Balaban J connectivity index is 1.87. The Hall–Kier alpha value is -3.87. The third-order valence-electron chi connectivity index (χ3n) is 5.18. The number of benzene rings is 2. The number of ether oxygens (including phenoxy) is 1. The van der Waals surface area contributed by atoms with Crippen LogP contribution in [0.1, 0.15) is 57.9 Å². The number of aromatic nitrogens is 1. The molecule has 3 aromatic rings. The topological polar surface area (TPSA) is 131 Å². The lowest BCUT2D eigenvalue weighted by Crippen LogP contribution is -2.11. The van der Waals surface area contributed by atoms with Crippen LogP contribution in [0.2, 0.25) is 0 Å². The molecule has 166 valence electrons. The third kappa shape index (κ3) is 5.85. The van der Waals surface area contributed by atoms with Crippen LogP contribution in [0.4, 0.5) is 0 Å². The van der Waals surface area contributed by atoms with Crippen LogP contribution < -0.4 is 11.5 Å². The van der Waals surface area contributed by atoms with E-state index in [1.165, 1.54) is 0 Å². The minimum Gasteiger partial charge on any atom is -0.462 e. The minimum absolute atomic E-state index is 0.0224. The summed E-state index contributed by atoms with van der Waals surface area (Å²) in [6.45, 7) is 2.99. The summed E-state index contributed by atoms with van der Waals surface area (Å²) in [6.07, 6.45) is 6.10. The maximum Gasteiger partial charge on any atom is 0.339 e. The van der Waals surface area contributed by atoms with Gasteiger partial charge in [-0.15, -0.1) is 0 Å². The monoisotopic (exact) mass is 431 g/mol. The van der Waals surface area contributed by atoms with E-state index in [0.717, 1.165) is 29.5 Å². The normalized spacial score (nSPS) is 10.7. The summed E-state index contributed by atoms with van der Waals surface area (Å²) in [5.41, 5.74) is 15.9. The first kappa shape index (κ1) is 22.8. The second-order valence-electron chi connectivity index (χ2n) is 7.76. The molecule has 7 nitrogen and oxygen atoms in total. The van der Waals surface area contributed by atoms with E-state index in [-0.39, 0.29) is 17.6 Å². The van der Waals surface area contributed by atoms with E-state index in [4.69, 9.17) is 27.0 Å². The lowest BCUT2D eigenvalue weighted by atomic mass is 10.0. The van der Waals surface area contributed by atoms with Gasteiger partial charge in [0, 0.05) is 30.1 Å². The minimum atomic E-state index is -0.329. The fraction of sp³-hybridized carbons (Fsp3) is 0.240. The van der Waals surface area contributed by atoms with Crippen molar-refractivity contribution in [2.45, 2.75) is 32.7 Å². The zero-order valence-electron chi connectivity index (χ0n) is 18.2. The lowest BCUT2D eigenvalue weighted by Gasteiger charge is -2.06. The van der Waals surface area contributed by atoms with Crippen LogP contribution in [0.15, 0.2) is 60.9 Å². The molecule has 0 spiro atoms. The zero-order valence-corrected chi connectivity index (χ0v) is 18.2. The molecular weight excluding hydrogens is 402 g/mol. The second kappa shape index (κ2) is 10.4. The van der Waals surface area contributed by atoms with Crippen LogP contribution in [0.3, 0.4) is 0 Å². The number of nitrogen functional groups attached to an aromatic ring is 2. The Morgan fingerprint density at radius 1 is 0.969 bits per heavy atom. The smallest absolute Gasteiger partial charge is 0.339 e. The van der Waals surface area contributed by atoms with E-state index in [1.54, 1.807) is 18.2 Å². The molecule has 0 atom stereocenters. The van der Waals surface area contributed by atoms with Gasteiger partial charge in [0.2, 0.25) is 0 Å². The zero-order chi connectivity index (χ0) is 23.1. The molecule has 0 aliphatic carbocycles. The van der Waals surface area contributed by atoms with Crippen LogP contribution in [0.25, 0.3) is 0 Å². The molecule has 0 saturated heterocycles. The molecule has 3 rings (SSSR count). The van der Waals surface area contributed by atoms with Gasteiger partial charge in [0.25, 0.3) is 0 Å². The Bertz CT molecular complexity index is 1120.